The molecule has 90 valence electrons. The van der Waals surface area contributed by atoms with Crippen LogP contribution in [0.4, 0.5) is 0 Å². The van der Waals surface area contributed by atoms with Crippen molar-refractivity contribution in [2.45, 2.75) is 25.4 Å². The molecule has 0 aliphatic carbocycles. The van der Waals surface area contributed by atoms with Crippen LogP contribution in [0.15, 0.2) is 0 Å². The van der Waals surface area contributed by atoms with Crippen molar-refractivity contribution in [2.24, 2.45) is 11.8 Å². The zero-order chi connectivity index (χ0) is 11.9. The van der Waals surface area contributed by atoms with E-state index in [4.69, 9.17) is 4.74 Å². The lowest BCUT2D eigenvalue weighted by molar-refractivity contribution is -0.159. The Balaban J connectivity index is 2.25. The molecular weight excluding hydrogens is 210 g/mol. The molecule has 2 rings (SSSR count). The Morgan fingerprint density at radius 3 is 2.56 bits per heavy atom. The second kappa shape index (κ2) is 3.73. The number of aliphatic carboxylic acids is 1. The molecule has 2 atom stereocenters. The molecule has 0 bridgehead atoms. The van der Waals surface area contributed by atoms with E-state index in [2.05, 4.69) is 4.90 Å². The normalized spacial score (nSPS) is 34.0. The van der Waals surface area contributed by atoms with Crippen molar-refractivity contribution in [3.8, 4) is 0 Å². The molecule has 0 aromatic heterocycles. The lowest BCUT2D eigenvalue weighted by atomic mass is 9.76. The highest BCUT2D eigenvalue weighted by Crippen LogP contribution is 2.44. The van der Waals surface area contributed by atoms with Crippen LogP contribution in [0.1, 0.15) is 19.8 Å². The number of hydrogen-bond donors (Lipinski definition) is 1. The number of hydrogen-bond acceptors (Lipinski definition) is 4. The van der Waals surface area contributed by atoms with Crippen molar-refractivity contribution in [3.63, 3.8) is 0 Å². The van der Waals surface area contributed by atoms with Crippen molar-refractivity contribution in [3.05, 3.63) is 0 Å². The van der Waals surface area contributed by atoms with Crippen LogP contribution < -0.4 is 0 Å². The van der Waals surface area contributed by atoms with Crippen LogP contribution in [0, 0.1) is 11.8 Å². The second-order valence-electron chi connectivity index (χ2n) is 4.89. The first-order valence-corrected chi connectivity index (χ1v) is 5.60. The molecule has 0 aromatic rings. The fraction of sp³-hybridized carbons (Fsp3) is 0.818. The van der Waals surface area contributed by atoms with E-state index in [-0.39, 0.29) is 5.97 Å². The number of carboxylic acid groups (broad SMARTS) is 1. The number of carbonyl (C=O) groups excluding carboxylic acids is 1. The lowest BCUT2D eigenvalue weighted by Gasteiger charge is -2.39. The van der Waals surface area contributed by atoms with Crippen molar-refractivity contribution in [1.82, 2.24) is 4.90 Å². The van der Waals surface area contributed by atoms with Gasteiger partial charge in [0.25, 0.3) is 0 Å². The molecule has 0 saturated carbocycles. The summed E-state index contributed by atoms with van der Waals surface area (Å²) in [6.07, 6.45) is 1.24. The molecule has 0 aromatic carbocycles. The standard InChI is InChI=1S/C11H17NO4/c1-7-8(9(13)14)11(16-10(7)15)3-5-12(2)6-4-11/h7-8H,3-6H2,1-2H3,(H,13,14). The number of likely N-dealkylation sites (tertiary alicyclic amines) is 1. The molecule has 0 radical (unpaired) electrons. The zero-order valence-corrected chi connectivity index (χ0v) is 9.60. The maximum Gasteiger partial charge on any atom is 0.311 e. The number of esters is 1. The molecule has 2 aliphatic rings. The first-order valence-electron chi connectivity index (χ1n) is 5.60. The number of ether oxygens (including phenoxy) is 1. The van der Waals surface area contributed by atoms with Gasteiger partial charge >= 0.3 is 11.9 Å². The summed E-state index contributed by atoms with van der Waals surface area (Å²) in [7, 11) is 1.99. The quantitative estimate of drug-likeness (QED) is 0.654. The van der Waals surface area contributed by atoms with Crippen molar-refractivity contribution in [1.29, 1.82) is 0 Å². The Morgan fingerprint density at radius 1 is 1.50 bits per heavy atom. The predicted octanol–water partition coefficient (Wildman–Crippen LogP) is 0.344. The van der Waals surface area contributed by atoms with Gasteiger partial charge in [-0.15, -0.1) is 0 Å². The minimum Gasteiger partial charge on any atom is -0.481 e. The summed E-state index contributed by atoms with van der Waals surface area (Å²) in [6, 6.07) is 0. The molecule has 0 amide bonds. The number of carboxylic acids is 1. The average molecular weight is 227 g/mol. The summed E-state index contributed by atoms with van der Waals surface area (Å²) in [6.45, 7) is 3.21. The third-order valence-corrected chi connectivity index (χ3v) is 3.84. The van der Waals surface area contributed by atoms with Gasteiger partial charge in [0.05, 0.1) is 5.92 Å². The summed E-state index contributed by atoms with van der Waals surface area (Å²) in [5, 5.41) is 9.24. The maximum atomic E-state index is 11.5. The Kier molecular flexibility index (Phi) is 2.66. The number of nitrogens with zero attached hydrogens (tertiary/aromatic N) is 1. The van der Waals surface area contributed by atoms with E-state index < -0.39 is 23.4 Å². The first-order chi connectivity index (χ1) is 7.46. The molecule has 5 heteroatoms. The van der Waals surface area contributed by atoms with Gasteiger partial charge in [0.15, 0.2) is 0 Å². The Labute approximate surface area is 94.4 Å². The van der Waals surface area contributed by atoms with Gasteiger partial charge in [-0.3, -0.25) is 9.59 Å². The number of piperidine rings is 1. The minimum atomic E-state index is -0.914. The van der Waals surface area contributed by atoms with Crippen LogP contribution in [0.3, 0.4) is 0 Å². The van der Waals surface area contributed by atoms with E-state index in [1.807, 2.05) is 7.05 Å². The van der Waals surface area contributed by atoms with E-state index in [1.165, 1.54) is 0 Å². The van der Waals surface area contributed by atoms with Crippen LogP contribution in [0.2, 0.25) is 0 Å². The summed E-state index contributed by atoms with van der Waals surface area (Å²) < 4.78 is 5.38. The van der Waals surface area contributed by atoms with Gasteiger partial charge in [-0.1, -0.05) is 6.92 Å². The summed E-state index contributed by atoms with van der Waals surface area (Å²) >= 11 is 0. The average Bonchev–Trinajstić information content (AvgIpc) is 2.45. The molecule has 1 N–H and O–H groups in total. The maximum absolute atomic E-state index is 11.5. The van der Waals surface area contributed by atoms with E-state index in [1.54, 1.807) is 6.92 Å². The SMILES string of the molecule is CC1C(=O)OC2(CCN(C)CC2)C1C(=O)O. The van der Waals surface area contributed by atoms with Gasteiger partial charge < -0.3 is 14.7 Å². The van der Waals surface area contributed by atoms with Crippen LogP contribution in [-0.2, 0) is 14.3 Å². The minimum absolute atomic E-state index is 0.364. The fourth-order valence-corrected chi connectivity index (χ4v) is 2.80. The van der Waals surface area contributed by atoms with E-state index in [0.29, 0.717) is 12.8 Å². The molecular formula is C11H17NO4. The van der Waals surface area contributed by atoms with E-state index in [0.717, 1.165) is 13.1 Å². The Hall–Kier alpha value is -1.10. The van der Waals surface area contributed by atoms with Gasteiger partial charge in [0.1, 0.15) is 11.5 Å². The highest BCUT2D eigenvalue weighted by molar-refractivity contribution is 5.85. The summed E-state index contributed by atoms with van der Waals surface area (Å²) in [5.74, 6) is -2.49. The third-order valence-electron chi connectivity index (χ3n) is 3.84. The number of rotatable bonds is 1. The first kappa shape index (κ1) is 11.4. The smallest absolute Gasteiger partial charge is 0.311 e. The van der Waals surface area contributed by atoms with Crippen molar-refractivity contribution < 1.29 is 19.4 Å². The second-order valence-corrected chi connectivity index (χ2v) is 4.89. The molecule has 2 fully saturated rings. The van der Waals surface area contributed by atoms with Gasteiger partial charge in [-0.2, -0.15) is 0 Å². The van der Waals surface area contributed by atoms with Gasteiger partial charge in [-0.05, 0) is 7.05 Å². The summed E-state index contributed by atoms with van der Waals surface area (Å²) in [4.78, 5) is 24.9. The largest absolute Gasteiger partial charge is 0.481 e. The lowest BCUT2D eigenvalue weighted by Crippen LogP contribution is -2.49. The van der Waals surface area contributed by atoms with Gasteiger partial charge in [0.2, 0.25) is 0 Å². The zero-order valence-electron chi connectivity index (χ0n) is 9.60. The monoisotopic (exact) mass is 227 g/mol. The Bertz CT molecular complexity index is 320. The fourth-order valence-electron chi connectivity index (χ4n) is 2.80. The molecule has 2 heterocycles. The van der Waals surface area contributed by atoms with Crippen LogP contribution >= 0.6 is 0 Å². The van der Waals surface area contributed by atoms with Gasteiger partial charge in [0, 0.05) is 25.9 Å². The molecule has 2 saturated heterocycles. The van der Waals surface area contributed by atoms with Crippen molar-refractivity contribution >= 4 is 11.9 Å². The highest BCUT2D eigenvalue weighted by atomic mass is 16.6. The van der Waals surface area contributed by atoms with E-state index >= 15 is 0 Å². The number of carbonyl (C=O) groups is 2. The molecule has 2 unspecified atom stereocenters. The van der Waals surface area contributed by atoms with Crippen LogP contribution in [-0.4, -0.2) is 47.7 Å². The molecule has 1 spiro atoms. The Morgan fingerprint density at radius 2 is 2.06 bits per heavy atom. The molecule has 5 nitrogen and oxygen atoms in total. The van der Waals surface area contributed by atoms with Crippen LogP contribution in [0.25, 0.3) is 0 Å². The molecule has 2 aliphatic heterocycles. The van der Waals surface area contributed by atoms with E-state index in [9.17, 15) is 14.7 Å². The summed E-state index contributed by atoms with van der Waals surface area (Å²) in [5.41, 5.74) is -0.755. The topological polar surface area (TPSA) is 66.8 Å². The molecule has 16 heavy (non-hydrogen) atoms. The highest BCUT2D eigenvalue weighted by Gasteiger charge is 2.57. The van der Waals surface area contributed by atoms with Crippen molar-refractivity contribution in [2.75, 3.05) is 20.1 Å². The van der Waals surface area contributed by atoms with Crippen LogP contribution in [0.5, 0.6) is 0 Å². The third kappa shape index (κ3) is 1.59. The predicted molar refractivity (Wildman–Crippen MR) is 55.8 cm³/mol. The van der Waals surface area contributed by atoms with Gasteiger partial charge in [-0.25, -0.2) is 0 Å².